The van der Waals surface area contributed by atoms with Crippen LogP contribution in [0.4, 0.5) is 4.39 Å². The van der Waals surface area contributed by atoms with E-state index in [-0.39, 0.29) is 0 Å². The molecule has 0 saturated heterocycles. The highest BCUT2D eigenvalue weighted by Crippen LogP contribution is 2.39. The van der Waals surface area contributed by atoms with E-state index >= 15 is 0 Å². The van der Waals surface area contributed by atoms with Crippen molar-refractivity contribution in [3.05, 3.63) is 0 Å². The molecule has 120 valence electrons. The van der Waals surface area contributed by atoms with Crippen molar-refractivity contribution in [3.8, 4) is 0 Å². The third kappa shape index (κ3) is 5.74. The zero-order valence-electron chi connectivity index (χ0n) is 14.3. The second-order valence-corrected chi connectivity index (χ2v) is 7.29. The summed E-state index contributed by atoms with van der Waals surface area (Å²) in [5.41, 5.74) is 0. The molecule has 1 heteroatoms. The van der Waals surface area contributed by atoms with Crippen LogP contribution in [0.2, 0.25) is 0 Å². The van der Waals surface area contributed by atoms with Crippen LogP contribution < -0.4 is 0 Å². The SMILES string of the molecule is CCCC(CCC)C(CC1CCC(C)CC1)C(F)CC. The number of hydrogen-bond acceptors (Lipinski definition) is 0. The quantitative estimate of drug-likeness (QED) is 0.437. The van der Waals surface area contributed by atoms with Gasteiger partial charge in [0.15, 0.2) is 0 Å². The Balaban J connectivity index is 2.62. The van der Waals surface area contributed by atoms with Gasteiger partial charge in [0, 0.05) is 0 Å². The van der Waals surface area contributed by atoms with Crippen LogP contribution in [0.3, 0.4) is 0 Å². The molecule has 20 heavy (non-hydrogen) atoms. The normalized spacial score (nSPS) is 26.7. The van der Waals surface area contributed by atoms with E-state index in [4.69, 9.17) is 0 Å². The molecule has 0 aromatic carbocycles. The molecule has 0 aliphatic heterocycles. The fraction of sp³-hybridized carbons (Fsp3) is 1.00. The maximum atomic E-state index is 14.5. The van der Waals surface area contributed by atoms with Gasteiger partial charge < -0.3 is 0 Å². The van der Waals surface area contributed by atoms with Gasteiger partial charge in [0.2, 0.25) is 0 Å². The Labute approximate surface area is 126 Å². The minimum Gasteiger partial charge on any atom is -0.247 e. The fourth-order valence-electron chi connectivity index (χ4n) is 4.20. The fourth-order valence-corrected chi connectivity index (χ4v) is 4.20. The molecule has 1 saturated carbocycles. The Kier molecular flexibility index (Phi) is 8.80. The summed E-state index contributed by atoms with van der Waals surface area (Å²) in [6, 6.07) is 0. The Morgan fingerprint density at radius 2 is 1.50 bits per heavy atom. The highest BCUT2D eigenvalue weighted by atomic mass is 19.1. The molecule has 0 aromatic rings. The molecule has 0 heterocycles. The molecule has 1 aliphatic rings. The number of alkyl halides is 1. The van der Waals surface area contributed by atoms with E-state index in [9.17, 15) is 4.39 Å². The second-order valence-electron chi connectivity index (χ2n) is 7.29. The summed E-state index contributed by atoms with van der Waals surface area (Å²) in [7, 11) is 0. The maximum absolute atomic E-state index is 14.5. The molecule has 1 rings (SSSR count). The summed E-state index contributed by atoms with van der Waals surface area (Å²) in [5.74, 6) is 2.66. The number of hydrogen-bond donors (Lipinski definition) is 0. The van der Waals surface area contributed by atoms with E-state index in [1.807, 2.05) is 6.92 Å². The van der Waals surface area contributed by atoms with E-state index in [1.54, 1.807) is 0 Å². The molecule has 0 nitrogen and oxygen atoms in total. The van der Waals surface area contributed by atoms with Crippen molar-refractivity contribution in [1.82, 2.24) is 0 Å². The summed E-state index contributed by atoms with van der Waals surface area (Å²) in [5, 5.41) is 0. The van der Waals surface area contributed by atoms with Crippen LogP contribution in [-0.4, -0.2) is 6.17 Å². The number of halogens is 1. The minimum atomic E-state index is -0.572. The average molecular weight is 285 g/mol. The largest absolute Gasteiger partial charge is 0.247 e. The standard InChI is InChI=1S/C19H37F/c1-5-8-17(9-6-2)18(19(20)7-3)14-16-12-10-15(4)11-13-16/h15-19H,5-14H2,1-4H3. The molecule has 0 radical (unpaired) electrons. The molecule has 2 atom stereocenters. The first-order chi connectivity index (χ1) is 9.62. The second kappa shape index (κ2) is 9.79. The van der Waals surface area contributed by atoms with Gasteiger partial charge in [-0.1, -0.05) is 79.1 Å². The maximum Gasteiger partial charge on any atom is 0.103 e. The zero-order valence-corrected chi connectivity index (χ0v) is 14.3. The van der Waals surface area contributed by atoms with Crippen molar-refractivity contribution in [2.45, 2.75) is 98.1 Å². The topological polar surface area (TPSA) is 0 Å². The summed E-state index contributed by atoms with van der Waals surface area (Å²) < 4.78 is 14.5. The van der Waals surface area contributed by atoms with E-state index < -0.39 is 6.17 Å². The molecule has 1 aliphatic carbocycles. The van der Waals surface area contributed by atoms with Gasteiger partial charge in [-0.2, -0.15) is 0 Å². The van der Waals surface area contributed by atoms with Gasteiger partial charge in [-0.3, -0.25) is 0 Å². The average Bonchev–Trinajstić information content (AvgIpc) is 2.46. The Morgan fingerprint density at radius 3 is 1.95 bits per heavy atom. The summed E-state index contributed by atoms with van der Waals surface area (Å²) in [6.45, 7) is 8.90. The summed E-state index contributed by atoms with van der Waals surface area (Å²) >= 11 is 0. The molecule has 0 N–H and O–H groups in total. The first-order valence-electron chi connectivity index (χ1n) is 9.26. The van der Waals surface area contributed by atoms with Gasteiger partial charge in [-0.15, -0.1) is 0 Å². The smallest absolute Gasteiger partial charge is 0.103 e. The molecular weight excluding hydrogens is 247 g/mol. The lowest BCUT2D eigenvalue weighted by molar-refractivity contribution is 0.104. The van der Waals surface area contributed by atoms with Gasteiger partial charge >= 0.3 is 0 Å². The molecule has 0 amide bonds. The van der Waals surface area contributed by atoms with E-state index in [1.165, 1.54) is 51.4 Å². The van der Waals surface area contributed by atoms with Crippen molar-refractivity contribution >= 4 is 0 Å². The minimum absolute atomic E-state index is 0.332. The first-order valence-corrected chi connectivity index (χ1v) is 9.26. The van der Waals surface area contributed by atoms with Gasteiger partial charge in [0.05, 0.1) is 0 Å². The van der Waals surface area contributed by atoms with Gasteiger partial charge in [0.25, 0.3) is 0 Å². The van der Waals surface area contributed by atoms with Crippen molar-refractivity contribution in [1.29, 1.82) is 0 Å². The molecule has 0 bridgehead atoms. The van der Waals surface area contributed by atoms with Crippen LogP contribution in [-0.2, 0) is 0 Å². The summed E-state index contributed by atoms with van der Waals surface area (Å²) in [4.78, 5) is 0. The highest BCUT2D eigenvalue weighted by Gasteiger charge is 2.31. The van der Waals surface area contributed by atoms with Crippen LogP contribution in [0.1, 0.15) is 91.9 Å². The zero-order chi connectivity index (χ0) is 15.0. The van der Waals surface area contributed by atoms with Crippen molar-refractivity contribution in [2.24, 2.45) is 23.7 Å². The van der Waals surface area contributed by atoms with E-state index in [0.29, 0.717) is 18.3 Å². The third-order valence-corrected chi connectivity index (χ3v) is 5.52. The first kappa shape index (κ1) is 18.0. The van der Waals surface area contributed by atoms with Crippen molar-refractivity contribution in [2.75, 3.05) is 0 Å². The highest BCUT2D eigenvalue weighted by molar-refractivity contribution is 4.81. The molecule has 2 unspecified atom stereocenters. The number of rotatable bonds is 9. The molecule has 0 spiro atoms. The Bertz CT molecular complexity index is 224. The predicted molar refractivity (Wildman–Crippen MR) is 87.7 cm³/mol. The van der Waals surface area contributed by atoms with Gasteiger partial charge in [-0.05, 0) is 36.5 Å². The van der Waals surface area contributed by atoms with E-state index in [0.717, 1.165) is 18.3 Å². The monoisotopic (exact) mass is 284 g/mol. The van der Waals surface area contributed by atoms with Crippen LogP contribution in [0, 0.1) is 23.7 Å². The van der Waals surface area contributed by atoms with Crippen molar-refractivity contribution in [3.63, 3.8) is 0 Å². The third-order valence-electron chi connectivity index (χ3n) is 5.52. The molecule has 0 aromatic heterocycles. The molecular formula is C19H37F. The van der Waals surface area contributed by atoms with Gasteiger partial charge in [-0.25, -0.2) is 4.39 Å². The summed E-state index contributed by atoms with van der Waals surface area (Å²) in [6.07, 6.45) is 11.6. The van der Waals surface area contributed by atoms with Gasteiger partial charge in [0.1, 0.15) is 6.17 Å². The van der Waals surface area contributed by atoms with Crippen LogP contribution in [0.15, 0.2) is 0 Å². The van der Waals surface area contributed by atoms with Crippen LogP contribution in [0.25, 0.3) is 0 Å². The Hall–Kier alpha value is -0.0700. The van der Waals surface area contributed by atoms with Crippen LogP contribution >= 0.6 is 0 Å². The van der Waals surface area contributed by atoms with Crippen LogP contribution in [0.5, 0.6) is 0 Å². The predicted octanol–water partition coefficient (Wildman–Crippen LogP) is 6.78. The lowest BCUT2D eigenvalue weighted by Gasteiger charge is -2.35. The molecule has 1 fully saturated rings. The Morgan fingerprint density at radius 1 is 0.950 bits per heavy atom. The lowest BCUT2D eigenvalue weighted by atomic mass is 9.72. The van der Waals surface area contributed by atoms with Crippen molar-refractivity contribution < 1.29 is 4.39 Å². The van der Waals surface area contributed by atoms with E-state index in [2.05, 4.69) is 20.8 Å². The lowest BCUT2D eigenvalue weighted by Crippen LogP contribution is -2.28.